The van der Waals surface area contributed by atoms with E-state index in [-0.39, 0.29) is 17.8 Å². The minimum Gasteiger partial charge on any atom is -0.368 e. The van der Waals surface area contributed by atoms with Gasteiger partial charge in [0.2, 0.25) is 10.0 Å². The minimum atomic E-state index is -3.31. The zero-order chi connectivity index (χ0) is 26.5. The number of fused-ring (bicyclic) bond motifs is 1. The molecule has 0 radical (unpaired) electrons. The number of anilines is 3. The third kappa shape index (κ3) is 5.22. The maximum absolute atomic E-state index is 15.3. The molecule has 0 amide bonds. The maximum atomic E-state index is 15.3. The summed E-state index contributed by atoms with van der Waals surface area (Å²) in [6, 6.07) is 4.81. The fraction of sp³-hybridized carbons (Fsp3) is 0.333. The quantitative estimate of drug-likeness (QED) is 0.360. The number of sulfonamides is 1. The third-order valence-corrected chi connectivity index (χ3v) is 7.15. The van der Waals surface area contributed by atoms with Crippen molar-refractivity contribution in [3.05, 3.63) is 53.3 Å². The molecule has 1 aliphatic rings. The van der Waals surface area contributed by atoms with Gasteiger partial charge in [0, 0.05) is 49.8 Å². The van der Waals surface area contributed by atoms with Crippen molar-refractivity contribution in [2.24, 2.45) is 7.05 Å². The lowest BCUT2D eigenvalue weighted by molar-refractivity contribution is 0.471. The van der Waals surface area contributed by atoms with E-state index in [0.29, 0.717) is 52.5 Å². The first kappa shape index (κ1) is 25.3. The molecule has 1 aromatic carbocycles. The number of nitrogens with one attached hydrogen (secondary N) is 2. The summed E-state index contributed by atoms with van der Waals surface area (Å²) in [6.45, 7) is 4.77. The second-order valence-corrected chi connectivity index (χ2v) is 11.6. The predicted octanol–water partition coefficient (Wildman–Crippen LogP) is 3.82. The van der Waals surface area contributed by atoms with Crippen LogP contribution in [0.2, 0.25) is 5.15 Å². The second kappa shape index (κ2) is 9.51. The van der Waals surface area contributed by atoms with Gasteiger partial charge >= 0.3 is 0 Å². The molecule has 1 aliphatic heterocycles. The van der Waals surface area contributed by atoms with Crippen LogP contribution in [0.15, 0.2) is 36.8 Å². The van der Waals surface area contributed by atoms with E-state index >= 15 is 4.39 Å². The van der Waals surface area contributed by atoms with Crippen LogP contribution in [0.5, 0.6) is 0 Å². The van der Waals surface area contributed by atoms with Crippen LogP contribution in [-0.2, 0) is 17.1 Å². The van der Waals surface area contributed by atoms with Crippen molar-refractivity contribution in [3.8, 4) is 11.4 Å². The number of benzene rings is 1. The molecule has 4 aromatic rings. The number of halogens is 2. The highest BCUT2D eigenvalue weighted by Crippen LogP contribution is 2.38. The van der Waals surface area contributed by atoms with Crippen molar-refractivity contribution < 1.29 is 12.8 Å². The lowest BCUT2D eigenvalue weighted by Gasteiger charge is -2.41. The van der Waals surface area contributed by atoms with Crippen molar-refractivity contribution in [2.75, 3.05) is 29.6 Å². The molecule has 0 spiro atoms. The fourth-order valence-corrected chi connectivity index (χ4v) is 5.56. The summed E-state index contributed by atoms with van der Waals surface area (Å²) < 4.78 is 42.6. The summed E-state index contributed by atoms with van der Waals surface area (Å²) in [7, 11) is -1.55. The van der Waals surface area contributed by atoms with E-state index in [1.54, 1.807) is 36.4 Å². The van der Waals surface area contributed by atoms with E-state index in [2.05, 4.69) is 30.1 Å². The molecule has 37 heavy (non-hydrogen) atoms. The number of nitrogens with zero attached hydrogens (tertiary/aromatic N) is 6. The average molecular weight is 545 g/mol. The number of rotatable bonds is 7. The highest BCUT2D eigenvalue weighted by Gasteiger charge is 2.31. The smallest absolute Gasteiger partial charge is 0.209 e. The largest absolute Gasteiger partial charge is 0.368 e. The number of aromatic nitrogens is 5. The Balaban J connectivity index is 1.48. The van der Waals surface area contributed by atoms with Crippen molar-refractivity contribution in [3.63, 3.8) is 0 Å². The normalized spacial score (nSPS) is 14.4. The van der Waals surface area contributed by atoms with E-state index in [4.69, 9.17) is 11.6 Å². The van der Waals surface area contributed by atoms with Gasteiger partial charge in [-0.3, -0.25) is 4.68 Å². The topological polar surface area (TPSA) is 118 Å². The van der Waals surface area contributed by atoms with Crippen molar-refractivity contribution in [1.29, 1.82) is 0 Å². The third-order valence-electron chi connectivity index (χ3n) is 6.11. The molecule has 5 rings (SSSR count). The SMILES string of the molecule is CC(C)c1c(F)cc(N2CC(NS(C)(=O)=O)C2)c2cnc(Nc3ccnc(-c4cn(C)nc4Cl)n3)cc12. The van der Waals surface area contributed by atoms with Gasteiger partial charge in [-0.25, -0.2) is 32.5 Å². The van der Waals surface area contributed by atoms with Gasteiger partial charge in [0.15, 0.2) is 11.0 Å². The van der Waals surface area contributed by atoms with Gasteiger partial charge in [-0.05, 0) is 35.1 Å². The molecule has 0 unspecified atom stereocenters. The molecule has 0 atom stereocenters. The predicted molar refractivity (Wildman–Crippen MR) is 142 cm³/mol. The molecular formula is C24H26ClFN8O2S. The second-order valence-electron chi connectivity index (χ2n) is 9.45. The van der Waals surface area contributed by atoms with E-state index in [1.807, 2.05) is 24.8 Å². The zero-order valence-electron chi connectivity index (χ0n) is 20.7. The van der Waals surface area contributed by atoms with Crippen LogP contribution in [0.25, 0.3) is 22.2 Å². The van der Waals surface area contributed by atoms with Gasteiger partial charge in [0.25, 0.3) is 0 Å². The summed E-state index contributed by atoms with van der Waals surface area (Å²) >= 11 is 6.20. The molecule has 10 nitrogen and oxygen atoms in total. The molecule has 0 aliphatic carbocycles. The number of aryl methyl sites for hydroxylation is 1. The van der Waals surface area contributed by atoms with E-state index in [0.717, 1.165) is 17.0 Å². The van der Waals surface area contributed by atoms with Gasteiger partial charge in [-0.2, -0.15) is 5.10 Å². The standard InChI is InChI=1S/C24H26ClFN8O2S/c1-13(2)22-15-7-21(29-20-5-6-27-24(30-20)17-12-33(3)31-23(17)25)28-9-16(15)19(8-18(22)26)34-10-14(11-34)32-37(4,35)36/h5-9,12-14,32H,10-11H2,1-4H3,(H,27,28,29,30). The first-order valence-electron chi connectivity index (χ1n) is 11.6. The Bertz CT molecular complexity index is 1600. The Morgan fingerprint density at radius 1 is 1.16 bits per heavy atom. The van der Waals surface area contributed by atoms with Gasteiger partial charge in [0.1, 0.15) is 17.5 Å². The lowest BCUT2D eigenvalue weighted by Crippen LogP contribution is -2.59. The summed E-state index contributed by atoms with van der Waals surface area (Å²) in [5.74, 6) is 1.02. The van der Waals surface area contributed by atoms with Crippen LogP contribution in [0.1, 0.15) is 25.3 Å². The Morgan fingerprint density at radius 3 is 2.57 bits per heavy atom. The van der Waals surface area contributed by atoms with Crippen LogP contribution in [0.4, 0.5) is 21.7 Å². The fourth-order valence-electron chi connectivity index (χ4n) is 4.56. The molecule has 0 bridgehead atoms. The number of hydrogen-bond donors (Lipinski definition) is 2. The van der Waals surface area contributed by atoms with Gasteiger partial charge < -0.3 is 10.2 Å². The number of pyridine rings is 1. The van der Waals surface area contributed by atoms with Crippen molar-refractivity contribution in [1.82, 2.24) is 29.5 Å². The number of hydrogen-bond acceptors (Lipinski definition) is 8. The first-order valence-corrected chi connectivity index (χ1v) is 13.9. The molecule has 1 saturated heterocycles. The highest BCUT2D eigenvalue weighted by molar-refractivity contribution is 7.88. The summed E-state index contributed by atoms with van der Waals surface area (Å²) in [5, 5.41) is 9.12. The Morgan fingerprint density at radius 2 is 1.92 bits per heavy atom. The first-order chi connectivity index (χ1) is 17.5. The molecular weight excluding hydrogens is 519 g/mol. The Labute approximate surface area is 218 Å². The molecule has 194 valence electrons. The van der Waals surface area contributed by atoms with E-state index in [1.165, 1.54) is 6.07 Å². The highest BCUT2D eigenvalue weighted by atomic mass is 35.5. The average Bonchev–Trinajstić information content (AvgIpc) is 3.12. The maximum Gasteiger partial charge on any atom is 0.209 e. The van der Waals surface area contributed by atoms with Crippen LogP contribution in [0, 0.1) is 5.82 Å². The molecule has 13 heteroatoms. The monoisotopic (exact) mass is 544 g/mol. The van der Waals surface area contributed by atoms with Crippen LogP contribution in [0.3, 0.4) is 0 Å². The summed E-state index contributed by atoms with van der Waals surface area (Å²) in [4.78, 5) is 15.3. The minimum absolute atomic E-state index is 0.0683. The van der Waals surface area contributed by atoms with Crippen LogP contribution < -0.4 is 14.9 Å². The molecule has 3 aromatic heterocycles. The molecule has 0 saturated carbocycles. The van der Waals surface area contributed by atoms with E-state index in [9.17, 15) is 8.42 Å². The van der Waals surface area contributed by atoms with Crippen molar-refractivity contribution in [2.45, 2.75) is 25.8 Å². The van der Waals surface area contributed by atoms with Crippen molar-refractivity contribution >= 4 is 49.7 Å². The van der Waals surface area contributed by atoms with Gasteiger partial charge in [-0.1, -0.05) is 25.4 Å². The summed E-state index contributed by atoms with van der Waals surface area (Å²) in [6.07, 6.45) is 6.18. The lowest BCUT2D eigenvalue weighted by atomic mass is 9.94. The zero-order valence-corrected chi connectivity index (χ0v) is 22.3. The van der Waals surface area contributed by atoms with Gasteiger partial charge in [0.05, 0.1) is 17.9 Å². The van der Waals surface area contributed by atoms with Gasteiger partial charge in [-0.15, -0.1) is 0 Å². The Hall–Kier alpha value is -3.35. The van der Waals surface area contributed by atoms with Crippen LogP contribution >= 0.6 is 11.6 Å². The van der Waals surface area contributed by atoms with Crippen LogP contribution in [-0.4, -0.2) is 58.5 Å². The molecule has 2 N–H and O–H groups in total. The molecule has 4 heterocycles. The Kier molecular flexibility index (Phi) is 6.50. The van der Waals surface area contributed by atoms with E-state index < -0.39 is 10.0 Å². The summed E-state index contributed by atoms with van der Waals surface area (Å²) in [5.41, 5.74) is 1.87. The molecule has 1 fully saturated rings.